The molecule has 8 nitrogen and oxygen atoms in total. The molecule has 0 bridgehead atoms. The maximum Gasteiger partial charge on any atom is 0.303 e. The Morgan fingerprint density at radius 1 is 0.545 bits per heavy atom. The summed E-state index contributed by atoms with van der Waals surface area (Å²) in [5.41, 5.74) is 1.28. The Labute approximate surface area is 194 Å². The molecule has 0 aliphatic carbocycles. The smallest absolute Gasteiger partial charge is 0.303 e. The summed E-state index contributed by atoms with van der Waals surface area (Å²) in [5, 5.41) is 22.4. The molecule has 0 aromatic heterocycles. The highest BCUT2D eigenvalue weighted by atomic mass is 16.4. The van der Waals surface area contributed by atoms with Gasteiger partial charge in [0, 0.05) is 37.1 Å². The molecule has 0 aliphatic rings. The SMILES string of the molecule is O=C(O)CCCCCNC(=O)c1ccccc1.O=C(O)CCCCNC(=O)c1ccccc1. The van der Waals surface area contributed by atoms with Gasteiger partial charge in [-0.3, -0.25) is 19.2 Å². The largest absolute Gasteiger partial charge is 0.481 e. The monoisotopic (exact) mass is 456 g/mol. The Morgan fingerprint density at radius 3 is 1.30 bits per heavy atom. The topological polar surface area (TPSA) is 133 Å². The summed E-state index contributed by atoms with van der Waals surface area (Å²) >= 11 is 0. The van der Waals surface area contributed by atoms with Crippen LogP contribution in [0.2, 0.25) is 0 Å². The fraction of sp³-hybridized carbons (Fsp3) is 0.360. The van der Waals surface area contributed by atoms with Gasteiger partial charge in [-0.2, -0.15) is 0 Å². The first-order valence-corrected chi connectivity index (χ1v) is 11.0. The Bertz CT molecular complexity index is 856. The third kappa shape index (κ3) is 14.1. The fourth-order valence-electron chi connectivity index (χ4n) is 2.77. The highest BCUT2D eigenvalue weighted by Gasteiger charge is 2.04. The summed E-state index contributed by atoms with van der Waals surface area (Å²) in [6.07, 6.45) is 3.92. The van der Waals surface area contributed by atoms with Crippen LogP contribution in [-0.2, 0) is 9.59 Å². The quantitative estimate of drug-likeness (QED) is 0.340. The number of hydrogen-bond acceptors (Lipinski definition) is 4. The van der Waals surface area contributed by atoms with Crippen LogP contribution in [0.1, 0.15) is 65.7 Å². The number of aliphatic carboxylic acids is 2. The van der Waals surface area contributed by atoms with Gasteiger partial charge in [-0.15, -0.1) is 0 Å². The van der Waals surface area contributed by atoms with Gasteiger partial charge < -0.3 is 20.8 Å². The van der Waals surface area contributed by atoms with Gasteiger partial charge in [-0.25, -0.2) is 0 Å². The second kappa shape index (κ2) is 16.9. The van der Waals surface area contributed by atoms with E-state index in [1.165, 1.54) is 0 Å². The zero-order chi connectivity index (χ0) is 24.3. The van der Waals surface area contributed by atoms with Gasteiger partial charge in [0.05, 0.1) is 0 Å². The molecule has 0 radical (unpaired) electrons. The normalized spacial score (nSPS) is 9.82. The minimum atomic E-state index is -0.797. The molecule has 2 rings (SSSR count). The number of carboxylic acid groups (broad SMARTS) is 2. The zero-order valence-corrected chi connectivity index (χ0v) is 18.7. The fourth-order valence-corrected chi connectivity index (χ4v) is 2.77. The molecule has 2 aromatic carbocycles. The van der Waals surface area contributed by atoms with Gasteiger partial charge >= 0.3 is 11.9 Å². The van der Waals surface area contributed by atoms with Gasteiger partial charge in [0.25, 0.3) is 11.8 Å². The minimum absolute atomic E-state index is 0.0798. The molecule has 0 saturated heterocycles. The Balaban J connectivity index is 0.000000331. The lowest BCUT2D eigenvalue weighted by Crippen LogP contribution is -2.24. The molecule has 0 saturated carbocycles. The van der Waals surface area contributed by atoms with Gasteiger partial charge in [-0.05, 0) is 49.9 Å². The highest BCUT2D eigenvalue weighted by molar-refractivity contribution is 5.94. The van der Waals surface area contributed by atoms with E-state index >= 15 is 0 Å². The molecule has 2 aromatic rings. The first kappa shape index (κ1) is 27.4. The summed E-state index contributed by atoms with van der Waals surface area (Å²) in [7, 11) is 0. The molecule has 0 spiro atoms. The predicted octanol–water partition coefficient (Wildman–Crippen LogP) is 3.73. The predicted molar refractivity (Wildman–Crippen MR) is 125 cm³/mol. The molecule has 8 heteroatoms. The number of nitrogens with one attached hydrogen (secondary N) is 2. The summed E-state index contributed by atoms with van der Waals surface area (Å²) in [4.78, 5) is 43.6. The van der Waals surface area contributed by atoms with Crippen molar-refractivity contribution in [2.24, 2.45) is 0 Å². The third-order valence-electron chi connectivity index (χ3n) is 4.53. The number of hydrogen-bond donors (Lipinski definition) is 4. The van der Waals surface area contributed by atoms with Crippen LogP contribution < -0.4 is 10.6 Å². The average Bonchev–Trinajstić information content (AvgIpc) is 2.82. The summed E-state index contributed by atoms with van der Waals surface area (Å²) in [6, 6.07) is 18.0. The van der Waals surface area contributed by atoms with Gasteiger partial charge in [0.15, 0.2) is 0 Å². The summed E-state index contributed by atoms with van der Waals surface area (Å²) in [6.45, 7) is 1.11. The van der Waals surface area contributed by atoms with E-state index in [4.69, 9.17) is 10.2 Å². The van der Waals surface area contributed by atoms with Gasteiger partial charge in [0.2, 0.25) is 0 Å². The van der Waals surface area contributed by atoms with Crippen LogP contribution in [0.15, 0.2) is 60.7 Å². The van der Waals surface area contributed by atoms with Crippen molar-refractivity contribution >= 4 is 23.8 Å². The molecule has 33 heavy (non-hydrogen) atoms. The molecule has 4 N–H and O–H groups in total. The van der Waals surface area contributed by atoms with Crippen molar-refractivity contribution in [3.63, 3.8) is 0 Å². The lowest BCUT2D eigenvalue weighted by atomic mass is 10.2. The van der Waals surface area contributed by atoms with Crippen LogP contribution in [0.5, 0.6) is 0 Å². The summed E-state index contributed by atoms with van der Waals surface area (Å²) < 4.78 is 0. The number of benzene rings is 2. The number of unbranched alkanes of at least 4 members (excludes halogenated alkanes) is 3. The lowest BCUT2D eigenvalue weighted by molar-refractivity contribution is -0.138. The molecule has 178 valence electrons. The first-order valence-electron chi connectivity index (χ1n) is 11.0. The number of rotatable bonds is 13. The van der Waals surface area contributed by atoms with Crippen molar-refractivity contribution < 1.29 is 29.4 Å². The van der Waals surface area contributed by atoms with E-state index < -0.39 is 11.9 Å². The van der Waals surface area contributed by atoms with Crippen LogP contribution in [0.4, 0.5) is 0 Å². The van der Waals surface area contributed by atoms with E-state index in [0.29, 0.717) is 43.5 Å². The third-order valence-corrected chi connectivity index (χ3v) is 4.53. The first-order chi connectivity index (χ1) is 15.9. The summed E-state index contributed by atoms with van der Waals surface area (Å²) in [5.74, 6) is -1.76. The minimum Gasteiger partial charge on any atom is -0.481 e. The van der Waals surface area contributed by atoms with E-state index in [-0.39, 0.29) is 24.7 Å². The van der Waals surface area contributed by atoms with Crippen molar-refractivity contribution in [3.05, 3.63) is 71.8 Å². The molecular formula is C25H32N2O6. The molecule has 0 fully saturated rings. The van der Waals surface area contributed by atoms with E-state index in [0.717, 1.165) is 12.8 Å². The van der Waals surface area contributed by atoms with Gasteiger partial charge in [-0.1, -0.05) is 42.8 Å². The molecule has 0 atom stereocenters. The Morgan fingerprint density at radius 2 is 0.909 bits per heavy atom. The number of carbonyl (C=O) groups is 4. The number of amides is 2. The van der Waals surface area contributed by atoms with Gasteiger partial charge in [0.1, 0.15) is 0 Å². The molecule has 0 aliphatic heterocycles. The maximum atomic E-state index is 11.6. The molecule has 0 unspecified atom stereocenters. The maximum absolute atomic E-state index is 11.6. The van der Waals surface area contributed by atoms with Crippen molar-refractivity contribution in [3.8, 4) is 0 Å². The molecule has 2 amide bonds. The van der Waals surface area contributed by atoms with Crippen LogP contribution in [0.3, 0.4) is 0 Å². The van der Waals surface area contributed by atoms with Crippen LogP contribution in [0, 0.1) is 0 Å². The second-order valence-electron chi connectivity index (χ2n) is 7.30. The van der Waals surface area contributed by atoms with Crippen molar-refractivity contribution in [2.45, 2.75) is 44.9 Å². The zero-order valence-electron chi connectivity index (χ0n) is 18.7. The average molecular weight is 457 g/mol. The van der Waals surface area contributed by atoms with E-state index in [1.807, 2.05) is 24.3 Å². The van der Waals surface area contributed by atoms with Crippen LogP contribution >= 0.6 is 0 Å². The lowest BCUT2D eigenvalue weighted by Gasteiger charge is -2.04. The number of carbonyl (C=O) groups excluding carboxylic acids is 2. The van der Waals surface area contributed by atoms with Crippen LogP contribution in [0.25, 0.3) is 0 Å². The molecular weight excluding hydrogens is 424 g/mol. The second-order valence-corrected chi connectivity index (χ2v) is 7.30. The Kier molecular flexibility index (Phi) is 14.0. The van der Waals surface area contributed by atoms with Crippen molar-refractivity contribution in [1.82, 2.24) is 10.6 Å². The van der Waals surface area contributed by atoms with E-state index in [2.05, 4.69) is 10.6 Å². The van der Waals surface area contributed by atoms with E-state index in [9.17, 15) is 19.2 Å². The highest BCUT2D eigenvalue weighted by Crippen LogP contribution is 2.01. The standard InChI is InChI=1S/C13H17NO3.C12H15NO3/c15-12(16)9-5-2-6-10-14-13(17)11-7-3-1-4-8-11;14-11(15)8-4-5-9-13-12(16)10-6-2-1-3-7-10/h1,3-4,7-8H,2,5-6,9-10H2,(H,14,17)(H,15,16);1-3,6-7H,4-5,8-9H2,(H,13,16)(H,14,15). The van der Waals surface area contributed by atoms with Crippen LogP contribution in [-0.4, -0.2) is 47.1 Å². The van der Waals surface area contributed by atoms with Crippen molar-refractivity contribution in [2.75, 3.05) is 13.1 Å². The van der Waals surface area contributed by atoms with Crippen molar-refractivity contribution in [1.29, 1.82) is 0 Å². The molecule has 0 heterocycles. The number of carboxylic acids is 2. The Hall–Kier alpha value is -3.68. The van der Waals surface area contributed by atoms with E-state index in [1.54, 1.807) is 36.4 Å².